The minimum absolute atomic E-state index is 0.0266. The van der Waals surface area contributed by atoms with Crippen molar-refractivity contribution in [1.29, 1.82) is 0 Å². The molecule has 0 spiro atoms. The molecule has 130 valence electrons. The molecule has 25 heavy (non-hydrogen) atoms. The largest absolute Gasteiger partial charge is 0.321 e. The van der Waals surface area contributed by atoms with Crippen molar-refractivity contribution in [1.82, 2.24) is 9.55 Å². The molecule has 3 rings (SSSR count). The van der Waals surface area contributed by atoms with Crippen LogP contribution in [0.3, 0.4) is 0 Å². The zero-order chi connectivity index (χ0) is 18.3. The van der Waals surface area contributed by atoms with E-state index >= 15 is 0 Å². The Kier molecular flexibility index (Phi) is 4.47. The van der Waals surface area contributed by atoms with Crippen molar-refractivity contribution in [2.45, 2.75) is 40.7 Å². The number of benzene rings is 1. The van der Waals surface area contributed by atoms with E-state index in [1.807, 2.05) is 52.8 Å². The lowest BCUT2D eigenvalue weighted by Gasteiger charge is -2.12. The van der Waals surface area contributed by atoms with E-state index in [1.54, 1.807) is 4.57 Å². The summed E-state index contributed by atoms with van der Waals surface area (Å²) >= 11 is 1.33. The zero-order valence-electron chi connectivity index (χ0n) is 15.0. The first kappa shape index (κ1) is 17.4. The molecule has 1 amide bonds. The number of para-hydroxylation sites is 1. The van der Waals surface area contributed by atoms with E-state index in [-0.39, 0.29) is 17.5 Å². The van der Waals surface area contributed by atoms with Gasteiger partial charge >= 0.3 is 0 Å². The Hall–Kier alpha value is -2.47. The van der Waals surface area contributed by atoms with E-state index in [9.17, 15) is 9.59 Å². The van der Waals surface area contributed by atoms with E-state index in [2.05, 4.69) is 10.3 Å². The van der Waals surface area contributed by atoms with Gasteiger partial charge in [-0.2, -0.15) is 0 Å². The summed E-state index contributed by atoms with van der Waals surface area (Å²) in [6.07, 6.45) is 1.53. The highest BCUT2D eigenvalue weighted by Crippen LogP contribution is 2.29. The SMILES string of the molecule is Cc1cccc(C)c1NC(=O)c1c(C)sc2c(=O)n(C(C)C)cnc12. The second-order valence-corrected chi connectivity index (χ2v) is 7.71. The third kappa shape index (κ3) is 2.98. The van der Waals surface area contributed by atoms with Crippen molar-refractivity contribution in [2.75, 3.05) is 5.32 Å². The average Bonchev–Trinajstić information content (AvgIpc) is 2.88. The van der Waals surface area contributed by atoms with Crippen molar-refractivity contribution < 1.29 is 4.79 Å². The highest BCUT2D eigenvalue weighted by atomic mass is 32.1. The molecule has 2 heterocycles. The molecule has 0 unspecified atom stereocenters. The molecule has 0 radical (unpaired) electrons. The maximum absolute atomic E-state index is 12.9. The smallest absolute Gasteiger partial charge is 0.271 e. The standard InChI is InChI=1S/C19H21N3O2S/c1-10(2)22-9-20-16-14(13(5)25-17(16)19(22)24)18(23)21-15-11(3)7-6-8-12(15)4/h6-10H,1-5H3,(H,21,23). The highest BCUT2D eigenvalue weighted by molar-refractivity contribution is 7.19. The fraction of sp³-hybridized carbons (Fsp3) is 0.316. The molecule has 0 fully saturated rings. The van der Waals surface area contributed by atoms with Crippen LogP contribution >= 0.6 is 11.3 Å². The molecule has 3 aromatic rings. The molecule has 0 aliphatic carbocycles. The number of aromatic nitrogens is 2. The summed E-state index contributed by atoms with van der Waals surface area (Å²) in [6, 6.07) is 5.90. The van der Waals surface area contributed by atoms with Gasteiger partial charge in [-0.25, -0.2) is 4.98 Å². The number of nitrogens with zero attached hydrogens (tertiary/aromatic N) is 2. The fourth-order valence-corrected chi connectivity index (χ4v) is 3.96. The van der Waals surface area contributed by atoms with Crippen LogP contribution in [0.15, 0.2) is 29.3 Å². The van der Waals surface area contributed by atoms with E-state index in [0.717, 1.165) is 21.7 Å². The predicted molar refractivity (Wildman–Crippen MR) is 103 cm³/mol. The summed E-state index contributed by atoms with van der Waals surface area (Å²) in [4.78, 5) is 30.7. The van der Waals surface area contributed by atoms with Gasteiger partial charge in [0.05, 0.1) is 11.9 Å². The highest BCUT2D eigenvalue weighted by Gasteiger charge is 2.21. The van der Waals surface area contributed by atoms with Crippen molar-refractivity contribution in [3.8, 4) is 0 Å². The van der Waals surface area contributed by atoms with E-state index < -0.39 is 0 Å². The Bertz CT molecular complexity index is 1010. The molecule has 6 heteroatoms. The van der Waals surface area contributed by atoms with Gasteiger partial charge in [-0.05, 0) is 45.7 Å². The van der Waals surface area contributed by atoms with E-state index in [4.69, 9.17) is 0 Å². The summed E-state index contributed by atoms with van der Waals surface area (Å²) < 4.78 is 2.12. The average molecular weight is 355 g/mol. The normalized spacial score (nSPS) is 11.3. The van der Waals surface area contributed by atoms with E-state index in [0.29, 0.717) is 15.8 Å². The zero-order valence-corrected chi connectivity index (χ0v) is 15.8. The van der Waals surface area contributed by atoms with Crippen LogP contribution in [-0.4, -0.2) is 15.5 Å². The minimum atomic E-state index is -0.227. The molecule has 0 saturated heterocycles. The Morgan fingerprint density at radius 2 is 1.84 bits per heavy atom. The van der Waals surface area contributed by atoms with Crippen molar-refractivity contribution in [3.63, 3.8) is 0 Å². The number of hydrogen-bond donors (Lipinski definition) is 1. The lowest BCUT2D eigenvalue weighted by atomic mass is 10.1. The van der Waals surface area contributed by atoms with Gasteiger partial charge in [-0.1, -0.05) is 18.2 Å². The molecular formula is C19H21N3O2S. The summed E-state index contributed by atoms with van der Waals surface area (Å²) in [7, 11) is 0. The summed E-state index contributed by atoms with van der Waals surface area (Å²) in [5, 5.41) is 2.99. The first-order chi connectivity index (χ1) is 11.8. The second kappa shape index (κ2) is 6.44. The molecule has 0 saturated carbocycles. The quantitative estimate of drug-likeness (QED) is 0.765. The minimum Gasteiger partial charge on any atom is -0.321 e. The van der Waals surface area contributed by atoms with Gasteiger partial charge in [0.25, 0.3) is 11.5 Å². The topological polar surface area (TPSA) is 64.0 Å². The molecule has 1 N–H and O–H groups in total. The lowest BCUT2D eigenvalue weighted by molar-refractivity contribution is 0.102. The van der Waals surface area contributed by atoms with Gasteiger partial charge in [0, 0.05) is 16.6 Å². The Balaban J connectivity index is 2.10. The van der Waals surface area contributed by atoms with Crippen LogP contribution in [-0.2, 0) is 0 Å². The Labute approximate surface area is 150 Å². The van der Waals surface area contributed by atoms with Crippen LogP contribution < -0.4 is 10.9 Å². The van der Waals surface area contributed by atoms with Crippen molar-refractivity contribution in [2.24, 2.45) is 0 Å². The summed E-state index contributed by atoms with van der Waals surface area (Å²) in [6.45, 7) is 9.64. The monoisotopic (exact) mass is 355 g/mol. The lowest BCUT2D eigenvalue weighted by Crippen LogP contribution is -2.22. The van der Waals surface area contributed by atoms with Crippen LogP contribution in [0.2, 0.25) is 0 Å². The Morgan fingerprint density at radius 3 is 2.44 bits per heavy atom. The number of anilines is 1. The van der Waals surface area contributed by atoms with Crippen LogP contribution in [0.1, 0.15) is 46.3 Å². The van der Waals surface area contributed by atoms with Crippen LogP contribution in [0.5, 0.6) is 0 Å². The number of carbonyl (C=O) groups excluding carboxylic acids is 1. The number of carbonyl (C=O) groups is 1. The molecule has 0 atom stereocenters. The van der Waals surface area contributed by atoms with Gasteiger partial charge in [-0.3, -0.25) is 14.2 Å². The number of thiophene rings is 1. The van der Waals surface area contributed by atoms with Gasteiger partial charge in [0.2, 0.25) is 0 Å². The molecule has 0 aliphatic heterocycles. The first-order valence-corrected chi connectivity index (χ1v) is 9.00. The van der Waals surface area contributed by atoms with Crippen molar-refractivity contribution in [3.05, 3.63) is 56.4 Å². The Morgan fingerprint density at radius 1 is 1.20 bits per heavy atom. The van der Waals surface area contributed by atoms with E-state index in [1.165, 1.54) is 17.7 Å². The number of hydrogen-bond acceptors (Lipinski definition) is 4. The molecule has 2 aromatic heterocycles. The number of aryl methyl sites for hydroxylation is 3. The number of fused-ring (bicyclic) bond motifs is 1. The summed E-state index contributed by atoms with van der Waals surface area (Å²) in [5.41, 5.74) is 3.67. The molecule has 1 aromatic carbocycles. The third-order valence-corrected chi connectivity index (χ3v) is 5.38. The number of nitrogens with one attached hydrogen (secondary N) is 1. The maximum Gasteiger partial charge on any atom is 0.271 e. The van der Waals surface area contributed by atoms with Crippen LogP contribution in [0.4, 0.5) is 5.69 Å². The van der Waals surface area contributed by atoms with Gasteiger partial charge < -0.3 is 5.32 Å². The fourth-order valence-electron chi connectivity index (χ4n) is 2.91. The van der Waals surface area contributed by atoms with Gasteiger partial charge in [-0.15, -0.1) is 11.3 Å². The van der Waals surface area contributed by atoms with Crippen LogP contribution in [0, 0.1) is 20.8 Å². The second-order valence-electron chi connectivity index (χ2n) is 6.48. The predicted octanol–water partition coefficient (Wildman–Crippen LogP) is 4.22. The summed E-state index contributed by atoms with van der Waals surface area (Å²) in [5.74, 6) is -0.227. The first-order valence-electron chi connectivity index (χ1n) is 8.19. The molecule has 0 bridgehead atoms. The van der Waals surface area contributed by atoms with Gasteiger partial charge in [0.15, 0.2) is 0 Å². The number of rotatable bonds is 3. The van der Waals surface area contributed by atoms with Gasteiger partial charge in [0.1, 0.15) is 10.2 Å². The number of amides is 1. The van der Waals surface area contributed by atoms with Crippen molar-refractivity contribution >= 4 is 33.1 Å². The van der Waals surface area contributed by atoms with Crippen LogP contribution in [0.25, 0.3) is 10.2 Å². The maximum atomic E-state index is 12.9. The molecule has 0 aliphatic rings. The molecular weight excluding hydrogens is 334 g/mol. The third-order valence-electron chi connectivity index (χ3n) is 4.30. The molecule has 5 nitrogen and oxygen atoms in total.